The molecule has 10 heteroatoms. The van der Waals surface area contributed by atoms with Crippen molar-refractivity contribution in [3.63, 3.8) is 0 Å². The van der Waals surface area contributed by atoms with Crippen molar-refractivity contribution in [1.82, 2.24) is 25.2 Å². The quantitative estimate of drug-likeness (QED) is 0.692. The number of likely N-dealkylation sites (tertiary alicyclic amines) is 1. The Morgan fingerprint density at radius 2 is 1.77 bits per heavy atom. The fourth-order valence-electron chi connectivity index (χ4n) is 3.40. The first-order valence-corrected chi connectivity index (χ1v) is 9.64. The van der Waals surface area contributed by atoms with E-state index in [9.17, 15) is 22.8 Å². The molecule has 0 aliphatic carbocycles. The molecule has 0 spiro atoms. The van der Waals surface area contributed by atoms with Crippen molar-refractivity contribution in [2.24, 2.45) is 0 Å². The minimum atomic E-state index is -1.08. The van der Waals surface area contributed by atoms with E-state index >= 15 is 0 Å². The van der Waals surface area contributed by atoms with Crippen LogP contribution in [0.2, 0.25) is 0 Å². The fourth-order valence-corrected chi connectivity index (χ4v) is 3.40. The highest BCUT2D eigenvalue weighted by atomic mass is 19.2. The molecule has 1 aliphatic rings. The molecule has 1 fully saturated rings. The molecule has 7 nitrogen and oxygen atoms in total. The largest absolute Gasteiger partial charge is 0.349 e. The first kappa shape index (κ1) is 20.6. The number of rotatable bonds is 4. The van der Waals surface area contributed by atoms with Gasteiger partial charge in [-0.15, -0.1) is 5.10 Å². The van der Waals surface area contributed by atoms with Gasteiger partial charge in [-0.1, -0.05) is 11.3 Å². The van der Waals surface area contributed by atoms with Crippen LogP contribution in [0, 0.1) is 17.5 Å². The number of hydrogen-bond acceptors (Lipinski definition) is 4. The maximum Gasteiger partial charge on any atom is 0.276 e. The van der Waals surface area contributed by atoms with Gasteiger partial charge in [0.2, 0.25) is 0 Å². The summed E-state index contributed by atoms with van der Waals surface area (Å²) in [6.45, 7) is 0.767. The highest BCUT2D eigenvalue weighted by molar-refractivity contribution is 5.94. The lowest BCUT2D eigenvalue weighted by atomic mass is 10.0. The van der Waals surface area contributed by atoms with E-state index in [4.69, 9.17) is 0 Å². The average Bonchev–Trinajstić information content (AvgIpc) is 3.26. The predicted octanol–water partition coefficient (Wildman–Crippen LogP) is 2.72. The third-order valence-electron chi connectivity index (χ3n) is 5.08. The molecule has 2 aromatic carbocycles. The maximum atomic E-state index is 13.4. The number of halogens is 3. The number of nitrogens with one attached hydrogen (secondary N) is 1. The van der Waals surface area contributed by atoms with Crippen LogP contribution < -0.4 is 5.32 Å². The van der Waals surface area contributed by atoms with Crippen molar-refractivity contribution < 1.29 is 22.8 Å². The van der Waals surface area contributed by atoms with Crippen molar-refractivity contribution in [2.45, 2.75) is 18.9 Å². The van der Waals surface area contributed by atoms with Gasteiger partial charge in [0.1, 0.15) is 5.82 Å². The topological polar surface area (TPSA) is 80.1 Å². The zero-order valence-electron chi connectivity index (χ0n) is 16.3. The highest BCUT2D eigenvalue weighted by Gasteiger charge is 2.26. The van der Waals surface area contributed by atoms with Gasteiger partial charge < -0.3 is 10.2 Å². The number of carbonyl (C=O) groups excluding carboxylic acids is 2. The van der Waals surface area contributed by atoms with E-state index < -0.39 is 23.4 Å². The second-order valence-electron chi connectivity index (χ2n) is 7.20. The second kappa shape index (κ2) is 8.58. The lowest BCUT2D eigenvalue weighted by molar-refractivity contribution is 0.0692. The minimum absolute atomic E-state index is 0.0337. The first-order valence-electron chi connectivity index (χ1n) is 9.64. The van der Waals surface area contributed by atoms with Crippen molar-refractivity contribution >= 4 is 11.8 Å². The van der Waals surface area contributed by atoms with Crippen LogP contribution in [0.1, 0.15) is 33.7 Å². The lowest BCUT2D eigenvalue weighted by Crippen LogP contribution is -2.46. The summed E-state index contributed by atoms with van der Waals surface area (Å²) in [6.07, 6.45) is 2.44. The molecule has 160 valence electrons. The predicted molar refractivity (Wildman–Crippen MR) is 104 cm³/mol. The lowest BCUT2D eigenvalue weighted by Gasteiger charge is -2.31. The summed E-state index contributed by atoms with van der Waals surface area (Å²) < 4.78 is 41.0. The zero-order chi connectivity index (χ0) is 22.0. The number of aromatic nitrogens is 3. The van der Waals surface area contributed by atoms with Gasteiger partial charge in [-0.25, -0.2) is 17.9 Å². The number of nitrogens with zero attached hydrogens (tertiary/aromatic N) is 4. The van der Waals surface area contributed by atoms with Crippen LogP contribution in [0.25, 0.3) is 5.69 Å². The molecule has 1 N–H and O–H groups in total. The Hall–Kier alpha value is -3.69. The Bertz CT molecular complexity index is 1130. The van der Waals surface area contributed by atoms with Crippen LogP contribution in [0.5, 0.6) is 0 Å². The summed E-state index contributed by atoms with van der Waals surface area (Å²) in [6, 6.07) is 8.54. The summed E-state index contributed by atoms with van der Waals surface area (Å²) >= 11 is 0. The van der Waals surface area contributed by atoms with Gasteiger partial charge in [0.05, 0.1) is 11.9 Å². The Morgan fingerprint density at radius 1 is 1.00 bits per heavy atom. The van der Waals surface area contributed by atoms with Crippen molar-refractivity contribution in [2.75, 3.05) is 13.1 Å². The average molecular weight is 429 g/mol. The zero-order valence-corrected chi connectivity index (χ0v) is 16.3. The van der Waals surface area contributed by atoms with Crippen LogP contribution in [-0.4, -0.2) is 50.8 Å². The van der Waals surface area contributed by atoms with Crippen molar-refractivity contribution in [3.05, 3.63) is 77.4 Å². The molecule has 0 bridgehead atoms. The van der Waals surface area contributed by atoms with E-state index in [1.54, 1.807) is 11.0 Å². The van der Waals surface area contributed by atoms with E-state index in [0.29, 0.717) is 31.6 Å². The molecule has 0 atom stereocenters. The number of benzene rings is 2. The van der Waals surface area contributed by atoms with E-state index in [-0.39, 0.29) is 23.2 Å². The monoisotopic (exact) mass is 429 g/mol. The van der Waals surface area contributed by atoms with Gasteiger partial charge in [0.25, 0.3) is 11.8 Å². The van der Waals surface area contributed by atoms with Crippen LogP contribution in [0.3, 0.4) is 0 Å². The number of piperidine rings is 1. The molecule has 2 heterocycles. The molecule has 0 unspecified atom stereocenters. The Labute approximate surface area is 175 Å². The molecule has 1 aromatic heterocycles. The Kier molecular flexibility index (Phi) is 5.70. The standard InChI is InChI=1S/C21H18F3N5O2/c22-14-2-1-3-16(11-14)29-12-19(26-27-29)21(31)28-8-6-15(7-9-28)25-20(30)13-4-5-17(23)18(24)10-13/h1-5,10-12,15H,6-9H2,(H,25,30). The van der Waals surface area contributed by atoms with Gasteiger partial charge in [0.15, 0.2) is 17.3 Å². The molecular weight excluding hydrogens is 411 g/mol. The van der Waals surface area contributed by atoms with Crippen LogP contribution in [-0.2, 0) is 0 Å². The third kappa shape index (κ3) is 4.57. The summed E-state index contributed by atoms with van der Waals surface area (Å²) in [5, 5.41) is 10.5. The SMILES string of the molecule is O=C(NC1CCN(C(=O)c2cn(-c3cccc(F)c3)nn2)CC1)c1ccc(F)c(F)c1. The molecule has 0 radical (unpaired) electrons. The van der Waals surface area contributed by atoms with Gasteiger partial charge >= 0.3 is 0 Å². The minimum Gasteiger partial charge on any atom is -0.349 e. The molecule has 31 heavy (non-hydrogen) atoms. The van der Waals surface area contributed by atoms with Crippen molar-refractivity contribution in [3.8, 4) is 5.69 Å². The fraction of sp³-hybridized carbons (Fsp3) is 0.238. The smallest absolute Gasteiger partial charge is 0.276 e. The normalized spacial score (nSPS) is 14.5. The molecule has 1 aliphatic heterocycles. The third-order valence-corrected chi connectivity index (χ3v) is 5.08. The van der Waals surface area contributed by atoms with E-state index in [1.165, 1.54) is 35.1 Å². The maximum absolute atomic E-state index is 13.4. The van der Waals surface area contributed by atoms with Crippen LogP contribution in [0.4, 0.5) is 13.2 Å². The number of hydrogen-bond donors (Lipinski definition) is 1. The van der Waals surface area contributed by atoms with Gasteiger partial charge in [0, 0.05) is 24.7 Å². The van der Waals surface area contributed by atoms with Gasteiger partial charge in [-0.3, -0.25) is 9.59 Å². The Morgan fingerprint density at radius 3 is 2.48 bits per heavy atom. The summed E-state index contributed by atoms with van der Waals surface area (Å²) in [5.74, 6) is -3.33. The summed E-state index contributed by atoms with van der Waals surface area (Å²) in [5.41, 5.74) is 0.616. The molecule has 2 amide bonds. The Balaban J connectivity index is 1.34. The van der Waals surface area contributed by atoms with Gasteiger partial charge in [-0.2, -0.15) is 0 Å². The molecule has 1 saturated heterocycles. The number of carbonyl (C=O) groups is 2. The summed E-state index contributed by atoms with van der Waals surface area (Å²) in [7, 11) is 0. The van der Waals surface area contributed by atoms with E-state index in [1.807, 2.05) is 0 Å². The molecule has 0 saturated carbocycles. The molecule has 3 aromatic rings. The van der Waals surface area contributed by atoms with Crippen LogP contribution in [0.15, 0.2) is 48.7 Å². The van der Waals surface area contributed by atoms with E-state index in [2.05, 4.69) is 15.6 Å². The van der Waals surface area contributed by atoms with E-state index in [0.717, 1.165) is 12.1 Å². The van der Waals surface area contributed by atoms with Gasteiger partial charge in [-0.05, 0) is 49.2 Å². The second-order valence-corrected chi connectivity index (χ2v) is 7.20. The number of amides is 2. The molecular formula is C21H18F3N5O2. The van der Waals surface area contributed by atoms with Crippen LogP contribution >= 0.6 is 0 Å². The van der Waals surface area contributed by atoms with Crippen molar-refractivity contribution in [1.29, 1.82) is 0 Å². The highest BCUT2D eigenvalue weighted by Crippen LogP contribution is 2.16. The summed E-state index contributed by atoms with van der Waals surface area (Å²) in [4.78, 5) is 26.5. The first-order chi connectivity index (χ1) is 14.9. The molecule has 4 rings (SSSR count).